The van der Waals surface area contributed by atoms with E-state index in [0.29, 0.717) is 4.88 Å². The standard InChI is InChI=1S/C13H9F3N2OS/c14-13(15,16)10-4-1-3-9(7-10)8-17-18-12(19)11-5-2-6-20-11/h1-8H,(H,18,19)/b17-8+. The van der Waals surface area contributed by atoms with E-state index in [1.165, 1.54) is 29.7 Å². The first-order valence-corrected chi connectivity index (χ1v) is 6.39. The van der Waals surface area contributed by atoms with Crippen molar-refractivity contribution in [2.24, 2.45) is 5.10 Å². The second-order valence-corrected chi connectivity index (χ2v) is 4.75. The van der Waals surface area contributed by atoms with Crippen LogP contribution in [0.2, 0.25) is 0 Å². The Bertz CT molecular complexity index is 621. The van der Waals surface area contributed by atoms with Crippen LogP contribution >= 0.6 is 11.3 Å². The molecule has 0 saturated carbocycles. The molecule has 20 heavy (non-hydrogen) atoms. The quantitative estimate of drug-likeness (QED) is 0.683. The van der Waals surface area contributed by atoms with Crippen LogP contribution in [0.15, 0.2) is 46.9 Å². The summed E-state index contributed by atoms with van der Waals surface area (Å²) in [6.45, 7) is 0. The normalized spacial score (nSPS) is 11.8. The molecule has 1 N–H and O–H groups in total. The Hall–Kier alpha value is -2.15. The van der Waals surface area contributed by atoms with E-state index in [0.717, 1.165) is 12.1 Å². The summed E-state index contributed by atoms with van der Waals surface area (Å²) in [7, 11) is 0. The summed E-state index contributed by atoms with van der Waals surface area (Å²) in [5.41, 5.74) is 1.75. The van der Waals surface area contributed by atoms with Crippen molar-refractivity contribution in [2.45, 2.75) is 6.18 Å². The summed E-state index contributed by atoms with van der Waals surface area (Å²) in [6, 6.07) is 8.03. The summed E-state index contributed by atoms with van der Waals surface area (Å²) in [5.74, 6) is -0.400. The molecule has 2 rings (SSSR count). The molecule has 0 bridgehead atoms. The molecule has 2 aromatic rings. The number of thiophene rings is 1. The molecule has 0 unspecified atom stereocenters. The van der Waals surface area contributed by atoms with Gasteiger partial charge >= 0.3 is 6.18 Å². The molecule has 3 nitrogen and oxygen atoms in total. The molecular weight excluding hydrogens is 289 g/mol. The van der Waals surface area contributed by atoms with Gasteiger partial charge in [0, 0.05) is 0 Å². The van der Waals surface area contributed by atoms with Gasteiger partial charge in [0.05, 0.1) is 16.7 Å². The molecule has 0 spiro atoms. The second-order valence-electron chi connectivity index (χ2n) is 3.80. The number of alkyl halides is 3. The van der Waals surface area contributed by atoms with Gasteiger partial charge in [-0.1, -0.05) is 18.2 Å². The lowest BCUT2D eigenvalue weighted by molar-refractivity contribution is -0.137. The van der Waals surface area contributed by atoms with Crippen molar-refractivity contribution in [2.75, 3.05) is 0 Å². The molecule has 0 radical (unpaired) electrons. The van der Waals surface area contributed by atoms with Gasteiger partial charge in [-0.25, -0.2) is 5.43 Å². The predicted octanol–water partition coefficient (Wildman–Crippen LogP) is 3.53. The average Bonchev–Trinajstić information content (AvgIpc) is 2.92. The highest BCUT2D eigenvalue weighted by Crippen LogP contribution is 2.29. The first-order valence-electron chi connectivity index (χ1n) is 5.51. The number of nitrogens with one attached hydrogen (secondary N) is 1. The van der Waals surface area contributed by atoms with Crippen LogP contribution in [0.4, 0.5) is 13.2 Å². The van der Waals surface area contributed by atoms with Gasteiger partial charge in [0.15, 0.2) is 0 Å². The van der Waals surface area contributed by atoms with Crippen LogP contribution in [0, 0.1) is 0 Å². The van der Waals surface area contributed by atoms with Gasteiger partial charge < -0.3 is 0 Å². The van der Waals surface area contributed by atoms with Crippen LogP contribution in [-0.4, -0.2) is 12.1 Å². The monoisotopic (exact) mass is 298 g/mol. The Labute approximate surface area is 116 Å². The van der Waals surface area contributed by atoms with Crippen LogP contribution < -0.4 is 5.43 Å². The number of benzene rings is 1. The topological polar surface area (TPSA) is 41.5 Å². The molecule has 104 valence electrons. The molecule has 0 saturated heterocycles. The van der Waals surface area contributed by atoms with Crippen molar-refractivity contribution >= 4 is 23.5 Å². The molecule has 7 heteroatoms. The third kappa shape index (κ3) is 3.67. The van der Waals surface area contributed by atoms with E-state index in [4.69, 9.17) is 0 Å². The first kappa shape index (κ1) is 14.3. The van der Waals surface area contributed by atoms with E-state index >= 15 is 0 Å². The van der Waals surface area contributed by atoms with E-state index in [1.54, 1.807) is 17.5 Å². The van der Waals surface area contributed by atoms with Crippen LogP contribution in [0.5, 0.6) is 0 Å². The number of nitrogens with zero attached hydrogens (tertiary/aromatic N) is 1. The summed E-state index contributed by atoms with van der Waals surface area (Å²) in [6.07, 6.45) is -3.23. The first-order chi connectivity index (χ1) is 9.47. The molecular formula is C13H9F3N2OS. The zero-order chi connectivity index (χ0) is 14.6. The lowest BCUT2D eigenvalue weighted by Gasteiger charge is -2.06. The molecule has 0 aliphatic carbocycles. The number of amides is 1. The highest BCUT2D eigenvalue weighted by molar-refractivity contribution is 7.12. The molecule has 1 aromatic carbocycles. The lowest BCUT2D eigenvalue weighted by Crippen LogP contribution is -2.16. The summed E-state index contributed by atoms with van der Waals surface area (Å²) in [5, 5.41) is 5.38. The smallest absolute Gasteiger partial charge is 0.266 e. The summed E-state index contributed by atoms with van der Waals surface area (Å²) in [4.78, 5) is 12.0. The minimum atomic E-state index is -4.40. The SMILES string of the molecule is O=C(N/N=C/c1cccc(C(F)(F)F)c1)c1cccs1. The van der Waals surface area contributed by atoms with E-state index < -0.39 is 17.6 Å². The van der Waals surface area contributed by atoms with Crippen molar-refractivity contribution < 1.29 is 18.0 Å². The van der Waals surface area contributed by atoms with E-state index in [2.05, 4.69) is 10.5 Å². The fourth-order valence-electron chi connectivity index (χ4n) is 1.42. The van der Waals surface area contributed by atoms with Crippen molar-refractivity contribution in [1.29, 1.82) is 0 Å². The fourth-order valence-corrected chi connectivity index (χ4v) is 2.04. The van der Waals surface area contributed by atoms with Crippen molar-refractivity contribution in [3.8, 4) is 0 Å². The molecule has 0 fully saturated rings. The third-order valence-corrected chi connectivity index (χ3v) is 3.21. The Morgan fingerprint density at radius 2 is 2.05 bits per heavy atom. The number of hydrazone groups is 1. The van der Waals surface area contributed by atoms with Gasteiger partial charge in [0.2, 0.25) is 0 Å². The molecule has 0 aliphatic heterocycles. The number of carbonyl (C=O) groups is 1. The van der Waals surface area contributed by atoms with Gasteiger partial charge in [0.1, 0.15) is 0 Å². The second kappa shape index (κ2) is 5.87. The van der Waals surface area contributed by atoms with Crippen LogP contribution in [0.3, 0.4) is 0 Å². The van der Waals surface area contributed by atoms with Gasteiger partial charge in [0.25, 0.3) is 5.91 Å². The number of halogens is 3. The van der Waals surface area contributed by atoms with Crippen molar-refractivity contribution in [1.82, 2.24) is 5.43 Å². The van der Waals surface area contributed by atoms with Crippen molar-refractivity contribution in [3.05, 3.63) is 57.8 Å². The highest BCUT2D eigenvalue weighted by Gasteiger charge is 2.30. The molecule has 1 amide bonds. The molecule has 0 aliphatic rings. The highest BCUT2D eigenvalue weighted by atomic mass is 32.1. The average molecular weight is 298 g/mol. The minimum absolute atomic E-state index is 0.256. The predicted molar refractivity (Wildman–Crippen MR) is 70.8 cm³/mol. The Morgan fingerprint density at radius 1 is 1.25 bits per heavy atom. The van der Waals surface area contributed by atoms with Crippen LogP contribution in [-0.2, 0) is 6.18 Å². The molecule has 1 aromatic heterocycles. The van der Waals surface area contributed by atoms with Crippen molar-refractivity contribution in [3.63, 3.8) is 0 Å². The summed E-state index contributed by atoms with van der Waals surface area (Å²) >= 11 is 1.25. The Balaban J connectivity index is 2.03. The number of carbonyl (C=O) groups excluding carboxylic acids is 1. The Morgan fingerprint density at radius 3 is 2.70 bits per heavy atom. The summed E-state index contributed by atoms with van der Waals surface area (Å²) < 4.78 is 37.5. The van der Waals surface area contributed by atoms with E-state index in [-0.39, 0.29) is 5.56 Å². The number of hydrogen-bond donors (Lipinski definition) is 1. The number of hydrogen-bond acceptors (Lipinski definition) is 3. The van der Waals surface area contributed by atoms with Gasteiger partial charge in [-0.15, -0.1) is 11.3 Å². The van der Waals surface area contributed by atoms with Gasteiger partial charge in [-0.2, -0.15) is 18.3 Å². The maximum atomic E-state index is 12.5. The largest absolute Gasteiger partial charge is 0.416 e. The molecule has 0 atom stereocenters. The maximum absolute atomic E-state index is 12.5. The maximum Gasteiger partial charge on any atom is 0.416 e. The van der Waals surface area contributed by atoms with Crippen LogP contribution in [0.1, 0.15) is 20.8 Å². The van der Waals surface area contributed by atoms with Gasteiger partial charge in [-0.05, 0) is 29.1 Å². The zero-order valence-corrected chi connectivity index (χ0v) is 10.8. The van der Waals surface area contributed by atoms with Gasteiger partial charge in [-0.3, -0.25) is 4.79 Å². The molecule has 1 heterocycles. The third-order valence-electron chi connectivity index (χ3n) is 2.34. The zero-order valence-electron chi connectivity index (χ0n) is 10.0. The minimum Gasteiger partial charge on any atom is -0.266 e. The van der Waals surface area contributed by atoms with E-state index in [9.17, 15) is 18.0 Å². The lowest BCUT2D eigenvalue weighted by atomic mass is 10.1. The number of rotatable bonds is 3. The van der Waals surface area contributed by atoms with E-state index in [1.807, 2.05) is 0 Å². The Kier molecular flexibility index (Phi) is 4.19. The fraction of sp³-hybridized carbons (Fsp3) is 0.0769. The van der Waals surface area contributed by atoms with Crippen LogP contribution in [0.25, 0.3) is 0 Å².